The van der Waals surface area contributed by atoms with E-state index in [1.807, 2.05) is 6.07 Å². The third-order valence-electron chi connectivity index (χ3n) is 2.01. The van der Waals surface area contributed by atoms with Crippen LogP contribution in [0.5, 0.6) is 0 Å². The zero-order valence-electron chi connectivity index (χ0n) is 7.72. The minimum absolute atomic E-state index is 0.527. The fraction of sp³-hybridized carbons (Fsp3) is 0.182. The van der Waals surface area contributed by atoms with Gasteiger partial charge in [0.2, 0.25) is 0 Å². The van der Waals surface area contributed by atoms with E-state index < -0.39 is 12.1 Å². The van der Waals surface area contributed by atoms with Gasteiger partial charge in [0, 0.05) is 0 Å². The SMILES string of the molecule is C=CC(O)C(N)c1cccc(C#N)c1. The number of nitriles is 1. The van der Waals surface area contributed by atoms with Crippen LogP contribution in [-0.2, 0) is 0 Å². The van der Waals surface area contributed by atoms with Crippen molar-refractivity contribution in [3.05, 3.63) is 48.0 Å². The van der Waals surface area contributed by atoms with Crippen molar-refractivity contribution in [2.75, 3.05) is 0 Å². The van der Waals surface area contributed by atoms with Gasteiger partial charge in [-0.1, -0.05) is 18.2 Å². The van der Waals surface area contributed by atoms with E-state index in [2.05, 4.69) is 6.58 Å². The Hall–Kier alpha value is -1.63. The molecule has 72 valence electrons. The monoisotopic (exact) mass is 188 g/mol. The highest BCUT2D eigenvalue weighted by atomic mass is 16.3. The average molecular weight is 188 g/mol. The molecule has 0 aliphatic rings. The minimum atomic E-state index is -0.788. The summed E-state index contributed by atoms with van der Waals surface area (Å²) in [4.78, 5) is 0. The lowest BCUT2D eigenvalue weighted by Gasteiger charge is -2.15. The summed E-state index contributed by atoms with van der Waals surface area (Å²) in [5, 5.41) is 18.1. The molecule has 0 saturated heterocycles. The van der Waals surface area contributed by atoms with Gasteiger partial charge in [-0.2, -0.15) is 5.26 Å². The molecule has 2 atom stereocenters. The van der Waals surface area contributed by atoms with Gasteiger partial charge in [0.15, 0.2) is 0 Å². The van der Waals surface area contributed by atoms with E-state index in [0.717, 1.165) is 5.56 Å². The summed E-state index contributed by atoms with van der Waals surface area (Å²) in [7, 11) is 0. The van der Waals surface area contributed by atoms with Crippen molar-refractivity contribution < 1.29 is 5.11 Å². The molecule has 0 saturated carbocycles. The zero-order valence-corrected chi connectivity index (χ0v) is 7.72. The number of hydrogen-bond donors (Lipinski definition) is 2. The lowest BCUT2D eigenvalue weighted by atomic mass is 10.0. The normalized spacial score (nSPS) is 14.1. The zero-order chi connectivity index (χ0) is 10.6. The van der Waals surface area contributed by atoms with Gasteiger partial charge in [0.25, 0.3) is 0 Å². The van der Waals surface area contributed by atoms with Crippen LogP contribution in [0.2, 0.25) is 0 Å². The Labute approximate surface area is 83.1 Å². The maximum absolute atomic E-state index is 9.42. The maximum atomic E-state index is 9.42. The largest absolute Gasteiger partial charge is 0.387 e. The molecule has 3 N–H and O–H groups in total. The molecule has 14 heavy (non-hydrogen) atoms. The maximum Gasteiger partial charge on any atom is 0.0991 e. The van der Waals surface area contributed by atoms with Gasteiger partial charge < -0.3 is 10.8 Å². The summed E-state index contributed by atoms with van der Waals surface area (Å²) in [6.07, 6.45) is 0.591. The predicted octanol–water partition coefficient (Wildman–Crippen LogP) is 1.10. The van der Waals surface area contributed by atoms with E-state index in [1.54, 1.807) is 24.3 Å². The van der Waals surface area contributed by atoms with Crippen molar-refractivity contribution in [2.45, 2.75) is 12.1 Å². The number of aliphatic hydroxyl groups is 1. The number of hydrogen-bond acceptors (Lipinski definition) is 3. The van der Waals surface area contributed by atoms with Crippen LogP contribution < -0.4 is 5.73 Å². The van der Waals surface area contributed by atoms with Gasteiger partial charge in [0.1, 0.15) is 0 Å². The predicted molar refractivity (Wildman–Crippen MR) is 54.3 cm³/mol. The third-order valence-corrected chi connectivity index (χ3v) is 2.01. The third kappa shape index (κ3) is 2.19. The minimum Gasteiger partial charge on any atom is -0.387 e. The number of aliphatic hydroxyl groups excluding tert-OH is 1. The van der Waals surface area contributed by atoms with Crippen molar-refractivity contribution in [3.8, 4) is 6.07 Å². The standard InChI is InChI=1S/C11H12N2O/c1-2-10(14)11(13)9-5-3-4-8(6-9)7-12/h2-6,10-11,14H,1,13H2. The topological polar surface area (TPSA) is 70.0 Å². The second kappa shape index (κ2) is 4.56. The first-order valence-corrected chi connectivity index (χ1v) is 4.25. The Morgan fingerprint density at radius 1 is 1.57 bits per heavy atom. The Morgan fingerprint density at radius 3 is 2.86 bits per heavy atom. The summed E-state index contributed by atoms with van der Waals surface area (Å²) in [5.41, 5.74) is 7.01. The van der Waals surface area contributed by atoms with Crippen molar-refractivity contribution in [3.63, 3.8) is 0 Å². The van der Waals surface area contributed by atoms with Gasteiger partial charge in [-0.3, -0.25) is 0 Å². The number of benzene rings is 1. The molecular weight excluding hydrogens is 176 g/mol. The Morgan fingerprint density at radius 2 is 2.29 bits per heavy atom. The summed E-state index contributed by atoms with van der Waals surface area (Å²) >= 11 is 0. The van der Waals surface area contributed by atoms with Crippen molar-refractivity contribution in [1.82, 2.24) is 0 Å². The highest BCUT2D eigenvalue weighted by Gasteiger charge is 2.13. The molecule has 1 aromatic carbocycles. The van der Waals surface area contributed by atoms with Crippen LogP contribution in [0.4, 0.5) is 0 Å². The average Bonchev–Trinajstić information content (AvgIpc) is 2.27. The fourth-order valence-electron chi connectivity index (χ4n) is 1.16. The summed E-state index contributed by atoms with van der Waals surface area (Å²) in [6, 6.07) is 8.36. The van der Waals surface area contributed by atoms with Gasteiger partial charge in [-0.05, 0) is 17.7 Å². The lowest BCUT2D eigenvalue weighted by molar-refractivity contribution is 0.192. The van der Waals surface area contributed by atoms with Gasteiger partial charge in [-0.25, -0.2) is 0 Å². The highest BCUT2D eigenvalue weighted by Crippen LogP contribution is 2.15. The first kappa shape index (κ1) is 10.5. The molecule has 0 bridgehead atoms. The second-order valence-corrected chi connectivity index (χ2v) is 2.99. The van der Waals surface area contributed by atoms with Gasteiger partial charge >= 0.3 is 0 Å². The molecular formula is C11H12N2O. The molecule has 1 aromatic rings. The summed E-state index contributed by atoms with van der Waals surface area (Å²) < 4.78 is 0. The van der Waals surface area contributed by atoms with Crippen LogP contribution in [0.1, 0.15) is 17.2 Å². The smallest absolute Gasteiger partial charge is 0.0991 e. The van der Waals surface area contributed by atoms with Crippen LogP contribution in [0.25, 0.3) is 0 Å². The lowest BCUT2D eigenvalue weighted by Crippen LogP contribution is -2.24. The first-order chi connectivity index (χ1) is 6.69. The molecule has 0 spiro atoms. The Bertz CT molecular complexity index is 368. The molecule has 2 unspecified atom stereocenters. The summed E-state index contributed by atoms with van der Waals surface area (Å²) in [6.45, 7) is 3.45. The quantitative estimate of drug-likeness (QED) is 0.698. The summed E-state index contributed by atoms with van der Waals surface area (Å²) in [5.74, 6) is 0. The van der Waals surface area contributed by atoms with Crippen LogP contribution >= 0.6 is 0 Å². The number of rotatable bonds is 3. The van der Waals surface area contributed by atoms with Crippen molar-refractivity contribution in [1.29, 1.82) is 5.26 Å². The number of nitrogens with two attached hydrogens (primary N) is 1. The molecule has 0 aliphatic carbocycles. The molecule has 1 rings (SSSR count). The van der Waals surface area contributed by atoms with E-state index in [4.69, 9.17) is 11.0 Å². The second-order valence-electron chi connectivity index (χ2n) is 2.99. The Kier molecular flexibility index (Phi) is 3.41. The van der Waals surface area contributed by atoms with Gasteiger partial charge in [-0.15, -0.1) is 6.58 Å². The molecule has 0 aliphatic heterocycles. The molecule has 0 aromatic heterocycles. The Balaban J connectivity index is 2.96. The van der Waals surface area contributed by atoms with E-state index in [-0.39, 0.29) is 0 Å². The number of nitrogens with zero attached hydrogens (tertiary/aromatic N) is 1. The molecule has 3 heteroatoms. The van der Waals surface area contributed by atoms with Gasteiger partial charge in [0.05, 0.1) is 23.8 Å². The molecule has 0 radical (unpaired) electrons. The fourth-order valence-corrected chi connectivity index (χ4v) is 1.16. The van der Waals surface area contributed by atoms with Crippen LogP contribution in [0.3, 0.4) is 0 Å². The van der Waals surface area contributed by atoms with Crippen LogP contribution in [-0.4, -0.2) is 11.2 Å². The first-order valence-electron chi connectivity index (χ1n) is 4.25. The van der Waals surface area contributed by atoms with Crippen LogP contribution in [0.15, 0.2) is 36.9 Å². The molecule has 0 heterocycles. The van der Waals surface area contributed by atoms with E-state index in [0.29, 0.717) is 5.56 Å². The molecule has 3 nitrogen and oxygen atoms in total. The van der Waals surface area contributed by atoms with Crippen LogP contribution in [0, 0.1) is 11.3 Å². The molecule has 0 amide bonds. The van der Waals surface area contributed by atoms with E-state index in [1.165, 1.54) is 6.08 Å². The van der Waals surface area contributed by atoms with Crippen molar-refractivity contribution in [2.24, 2.45) is 5.73 Å². The highest BCUT2D eigenvalue weighted by molar-refractivity contribution is 5.34. The molecule has 0 fully saturated rings. The van der Waals surface area contributed by atoms with E-state index >= 15 is 0 Å². The van der Waals surface area contributed by atoms with E-state index in [9.17, 15) is 5.11 Å². The van der Waals surface area contributed by atoms with Crippen molar-refractivity contribution >= 4 is 0 Å².